The lowest BCUT2D eigenvalue weighted by Crippen LogP contribution is -2.41. The van der Waals surface area contributed by atoms with Crippen molar-refractivity contribution in [3.8, 4) is 0 Å². The Labute approximate surface area is 125 Å². The van der Waals surface area contributed by atoms with Crippen LogP contribution in [0, 0.1) is 0 Å². The first-order chi connectivity index (χ1) is 9.78. The van der Waals surface area contributed by atoms with E-state index in [1.165, 1.54) is 0 Å². The molecular formula is C15H21BN2O3. The van der Waals surface area contributed by atoms with Crippen LogP contribution in [-0.4, -0.2) is 35.3 Å². The standard InChI is InChI=1S/C15H21BN2O3/c1-14(2)15(3,4)21-16(20-14)12-8-5-10(9-17-12)13(19)18-11-6-7-11/h5,8-9,11H,6-7H2,1-4H3,(H,18,19). The molecular weight excluding hydrogens is 267 g/mol. The molecule has 0 atom stereocenters. The predicted molar refractivity (Wildman–Crippen MR) is 80.4 cm³/mol. The quantitative estimate of drug-likeness (QED) is 0.851. The van der Waals surface area contributed by atoms with E-state index in [1.54, 1.807) is 18.3 Å². The number of hydrogen-bond acceptors (Lipinski definition) is 4. The zero-order valence-corrected chi connectivity index (χ0v) is 13.0. The summed E-state index contributed by atoms with van der Waals surface area (Å²) < 4.78 is 11.9. The number of nitrogens with one attached hydrogen (secondary N) is 1. The molecule has 2 heterocycles. The van der Waals surface area contributed by atoms with Gasteiger partial charge in [-0.1, -0.05) is 0 Å². The maximum Gasteiger partial charge on any atom is 0.514 e. The zero-order chi connectivity index (χ0) is 15.3. The highest BCUT2D eigenvalue weighted by atomic mass is 16.7. The molecule has 112 valence electrons. The zero-order valence-electron chi connectivity index (χ0n) is 13.0. The lowest BCUT2D eigenvalue weighted by molar-refractivity contribution is 0.00578. The maximum absolute atomic E-state index is 11.9. The Balaban J connectivity index is 1.71. The number of rotatable bonds is 3. The van der Waals surface area contributed by atoms with Gasteiger partial charge in [0.2, 0.25) is 0 Å². The van der Waals surface area contributed by atoms with Crippen molar-refractivity contribution in [3.63, 3.8) is 0 Å². The first-order valence-corrected chi connectivity index (χ1v) is 7.41. The lowest BCUT2D eigenvalue weighted by Gasteiger charge is -2.32. The summed E-state index contributed by atoms with van der Waals surface area (Å²) in [5.41, 5.74) is 0.488. The van der Waals surface area contributed by atoms with E-state index >= 15 is 0 Å². The second kappa shape index (κ2) is 4.82. The summed E-state index contributed by atoms with van der Waals surface area (Å²) in [6, 6.07) is 3.91. The second-order valence-electron chi connectivity index (χ2n) is 6.81. The van der Waals surface area contributed by atoms with Crippen LogP contribution in [0.2, 0.25) is 0 Å². The van der Waals surface area contributed by atoms with Crippen LogP contribution in [0.15, 0.2) is 18.3 Å². The lowest BCUT2D eigenvalue weighted by atomic mass is 9.84. The van der Waals surface area contributed by atoms with Gasteiger partial charge in [-0.3, -0.25) is 9.78 Å². The molecule has 1 aliphatic carbocycles. The molecule has 1 aromatic rings. The highest BCUT2D eigenvalue weighted by Gasteiger charge is 2.52. The topological polar surface area (TPSA) is 60.5 Å². The number of carbonyl (C=O) groups is 1. The summed E-state index contributed by atoms with van der Waals surface area (Å²) in [6.45, 7) is 8.02. The summed E-state index contributed by atoms with van der Waals surface area (Å²) in [4.78, 5) is 16.2. The van der Waals surface area contributed by atoms with E-state index in [9.17, 15) is 4.79 Å². The van der Waals surface area contributed by atoms with Crippen molar-refractivity contribution in [1.82, 2.24) is 10.3 Å². The van der Waals surface area contributed by atoms with Crippen molar-refractivity contribution in [3.05, 3.63) is 23.9 Å². The SMILES string of the molecule is CC1(C)OB(c2ccc(C(=O)NC3CC3)cn2)OC1(C)C. The average molecular weight is 288 g/mol. The molecule has 3 rings (SSSR count). The van der Waals surface area contributed by atoms with Crippen LogP contribution < -0.4 is 10.9 Å². The van der Waals surface area contributed by atoms with Crippen molar-refractivity contribution in [1.29, 1.82) is 0 Å². The Bertz CT molecular complexity index is 537. The molecule has 1 N–H and O–H groups in total. The van der Waals surface area contributed by atoms with Gasteiger partial charge >= 0.3 is 7.12 Å². The van der Waals surface area contributed by atoms with Gasteiger partial charge in [-0.15, -0.1) is 0 Å². The Morgan fingerprint density at radius 3 is 2.33 bits per heavy atom. The molecule has 1 saturated heterocycles. The van der Waals surface area contributed by atoms with Crippen molar-refractivity contribution >= 4 is 18.6 Å². The van der Waals surface area contributed by atoms with E-state index in [0.717, 1.165) is 12.8 Å². The van der Waals surface area contributed by atoms with Gasteiger partial charge in [-0.25, -0.2) is 0 Å². The van der Waals surface area contributed by atoms with Crippen LogP contribution in [0.3, 0.4) is 0 Å². The number of nitrogens with zero attached hydrogens (tertiary/aromatic N) is 1. The molecule has 21 heavy (non-hydrogen) atoms. The van der Waals surface area contributed by atoms with Crippen LogP contribution in [-0.2, 0) is 9.31 Å². The molecule has 1 amide bonds. The van der Waals surface area contributed by atoms with E-state index in [0.29, 0.717) is 17.2 Å². The first-order valence-electron chi connectivity index (χ1n) is 7.41. The van der Waals surface area contributed by atoms with Gasteiger partial charge in [0.15, 0.2) is 0 Å². The number of carbonyl (C=O) groups excluding carboxylic acids is 1. The monoisotopic (exact) mass is 288 g/mol. The molecule has 0 unspecified atom stereocenters. The summed E-state index contributed by atoms with van der Waals surface area (Å²) in [5.74, 6) is -0.0644. The van der Waals surface area contributed by atoms with Gasteiger partial charge in [0.1, 0.15) is 0 Å². The Morgan fingerprint density at radius 2 is 1.86 bits per heavy atom. The molecule has 1 saturated carbocycles. The van der Waals surface area contributed by atoms with Crippen LogP contribution in [0.1, 0.15) is 50.9 Å². The molecule has 2 aliphatic rings. The van der Waals surface area contributed by atoms with Crippen LogP contribution in [0.25, 0.3) is 0 Å². The van der Waals surface area contributed by atoms with Gasteiger partial charge in [-0.2, -0.15) is 0 Å². The third-order valence-electron chi connectivity index (χ3n) is 4.46. The first kappa shape index (κ1) is 14.5. The molecule has 1 aliphatic heterocycles. The molecule has 0 spiro atoms. The van der Waals surface area contributed by atoms with E-state index in [1.807, 2.05) is 27.7 Å². The van der Waals surface area contributed by atoms with Crippen LogP contribution in [0.4, 0.5) is 0 Å². The predicted octanol–water partition coefficient (Wildman–Crippen LogP) is 1.27. The summed E-state index contributed by atoms with van der Waals surface area (Å²) >= 11 is 0. The molecule has 0 aromatic carbocycles. The highest BCUT2D eigenvalue weighted by Crippen LogP contribution is 2.36. The van der Waals surface area contributed by atoms with Crippen molar-refractivity contribution < 1.29 is 14.1 Å². The molecule has 6 heteroatoms. The van der Waals surface area contributed by atoms with Crippen molar-refractivity contribution in [2.45, 2.75) is 57.8 Å². The third-order valence-corrected chi connectivity index (χ3v) is 4.46. The maximum atomic E-state index is 11.9. The molecule has 1 aromatic heterocycles. The Hall–Kier alpha value is -1.40. The third kappa shape index (κ3) is 2.83. The molecule has 0 bridgehead atoms. The van der Waals surface area contributed by atoms with E-state index in [-0.39, 0.29) is 17.1 Å². The number of aromatic nitrogens is 1. The highest BCUT2D eigenvalue weighted by molar-refractivity contribution is 6.61. The minimum Gasteiger partial charge on any atom is -0.398 e. The summed E-state index contributed by atoms with van der Waals surface area (Å²) in [7, 11) is -0.490. The van der Waals surface area contributed by atoms with Gasteiger partial charge < -0.3 is 14.6 Å². The van der Waals surface area contributed by atoms with Gasteiger partial charge in [-0.05, 0) is 52.7 Å². The number of hydrogen-bond donors (Lipinski definition) is 1. The van der Waals surface area contributed by atoms with Crippen LogP contribution in [0.5, 0.6) is 0 Å². The fourth-order valence-electron chi connectivity index (χ4n) is 2.14. The van der Waals surface area contributed by atoms with Gasteiger partial charge in [0, 0.05) is 12.2 Å². The Morgan fingerprint density at radius 1 is 1.24 bits per heavy atom. The van der Waals surface area contributed by atoms with Gasteiger partial charge in [0.05, 0.1) is 22.4 Å². The smallest absolute Gasteiger partial charge is 0.398 e. The van der Waals surface area contributed by atoms with E-state index < -0.39 is 7.12 Å². The Kier molecular flexibility index (Phi) is 3.33. The van der Waals surface area contributed by atoms with Crippen LogP contribution >= 0.6 is 0 Å². The fourth-order valence-corrected chi connectivity index (χ4v) is 2.14. The largest absolute Gasteiger partial charge is 0.514 e. The minimum absolute atomic E-state index is 0.0644. The molecule has 2 fully saturated rings. The summed E-state index contributed by atoms with van der Waals surface area (Å²) in [6.07, 6.45) is 3.73. The van der Waals surface area contributed by atoms with Crippen molar-refractivity contribution in [2.24, 2.45) is 0 Å². The van der Waals surface area contributed by atoms with Crippen molar-refractivity contribution in [2.75, 3.05) is 0 Å². The van der Waals surface area contributed by atoms with E-state index in [2.05, 4.69) is 10.3 Å². The minimum atomic E-state index is -0.490. The average Bonchev–Trinajstić information content (AvgIpc) is 3.17. The number of pyridine rings is 1. The second-order valence-corrected chi connectivity index (χ2v) is 6.81. The number of amides is 1. The normalized spacial score (nSPS) is 23.1. The molecule has 0 radical (unpaired) electrons. The molecule has 5 nitrogen and oxygen atoms in total. The fraction of sp³-hybridized carbons (Fsp3) is 0.600. The van der Waals surface area contributed by atoms with E-state index in [4.69, 9.17) is 9.31 Å². The van der Waals surface area contributed by atoms with Gasteiger partial charge in [0.25, 0.3) is 5.91 Å². The summed E-state index contributed by atoms with van der Waals surface area (Å²) in [5, 5.41) is 2.94.